The molecule has 1 rings (SSSR count). The summed E-state index contributed by atoms with van der Waals surface area (Å²) in [5, 5.41) is 19.8. The number of rotatable bonds is 4. The summed E-state index contributed by atoms with van der Waals surface area (Å²) in [6, 6.07) is 3.67. The van der Waals surface area contributed by atoms with Crippen LogP contribution in [0.3, 0.4) is 0 Å². The molecule has 90 valence electrons. The van der Waals surface area contributed by atoms with Gasteiger partial charge in [0.15, 0.2) is 0 Å². The first-order valence-electron chi connectivity index (χ1n) is 5.08. The predicted molar refractivity (Wildman–Crippen MR) is 67.2 cm³/mol. The van der Waals surface area contributed by atoms with Crippen LogP contribution in [-0.2, 0) is 0 Å². The van der Waals surface area contributed by atoms with Crippen molar-refractivity contribution in [3.05, 3.63) is 28.8 Å². The number of benzene rings is 1. The van der Waals surface area contributed by atoms with Crippen molar-refractivity contribution >= 4 is 15.9 Å². The van der Waals surface area contributed by atoms with E-state index < -0.39 is 12.2 Å². The van der Waals surface area contributed by atoms with Gasteiger partial charge in [-0.3, -0.25) is 0 Å². The molecule has 2 unspecified atom stereocenters. The Hall–Kier alpha value is -0.580. The van der Waals surface area contributed by atoms with Crippen molar-refractivity contribution in [3.63, 3.8) is 0 Å². The first kappa shape index (κ1) is 13.5. The Morgan fingerprint density at radius 2 is 1.75 bits per heavy atom. The first-order valence-corrected chi connectivity index (χ1v) is 6.20. The number of halogens is 1. The second-order valence-corrected chi connectivity index (χ2v) is 4.50. The highest BCUT2D eigenvalue weighted by Crippen LogP contribution is 2.28. The van der Waals surface area contributed by atoms with Crippen molar-refractivity contribution in [2.45, 2.75) is 26.1 Å². The molecule has 0 fully saturated rings. The van der Waals surface area contributed by atoms with Gasteiger partial charge in [0.2, 0.25) is 0 Å². The lowest BCUT2D eigenvalue weighted by molar-refractivity contribution is 0.0342. The van der Waals surface area contributed by atoms with Crippen LogP contribution >= 0.6 is 15.9 Å². The molecule has 0 aliphatic rings. The largest absolute Gasteiger partial charge is 0.496 e. The Bertz CT molecular complexity index is 342. The molecule has 0 bridgehead atoms. The SMILES string of the molecule is COc1c(C)cc(C(O)C(O)CBr)cc1C. The van der Waals surface area contributed by atoms with Crippen molar-refractivity contribution in [1.29, 1.82) is 0 Å². The summed E-state index contributed by atoms with van der Waals surface area (Å²) in [6.07, 6.45) is -1.67. The van der Waals surface area contributed by atoms with Crippen LogP contribution in [0.4, 0.5) is 0 Å². The van der Waals surface area contributed by atoms with Crippen molar-refractivity contribution in [2.75, 3.05) is 12.4 Å². The van der Waals surface area contributed by atoms with Crippen molar-refractivity contribution in [3.8, 4) is 5.75 Å². The zero-order valence-corrected chi connectivity index (χ0v) is 11.3. The van der Waals surface area contributed by atoms with Gasteiger partial charge >= 0.3 is 0 Å². The highest BCUT2D eigenvalue weighted by atomic mass is 79.9. The molecule has 0 aliphatic heterocycles. The van der Waals surface area contributed by atoms with Gasteiger partial charge in [-0.2, -0.15) is 0 Å². The molecule has 0 aromatic heterocycles. The van der Waals surface area contributed by atoms with Crippen molar-refractivity contribution in [1.82, 2.24) is 0 Å². The average molecular weight is 289 g/mol. The number of aryl methyl sites for hydroxylation is 2. The molecule has 2 N–H and O–H groups in total. The van der Waals surface area contributed by atoms with Crippen LogP contribution in [-0.4, -0.2) is 28.8 Å². The van der Waals surface area contributed by atoms with E-state index in [2.05, 4.69) is 15.9 Å². The number of ether oxygens (including phenoxy) is 1. The minimum atomic E-state index is -0.873. The van der Waals surface area contributed by atoms with Gasteiger partial charge in [-0.15, -0.1) is 0 Å². The van der Waals surface area contributed by atoms with E-state index in [-0.39, 0.29) is 0 Å². The maximum Gasteiger partial charge on any atom is 0.124 e. The maximum atomic E-state index is 9.88. The highest BCUT2D eigenvalue weighted by Gasteiger charge is 2.18. The second kappa shape index (κ2) is 5.66. The molecule has 2 atom stereocenters. The number of alkyl halides is 1. The standard InChI is InChI=1S/C12H17BrO3/c1-7-4-9(11(15)10(14)6-13)5-8(2)12(7)16-3/h4-5,10-11,14-15H,6H2,1-3H3. The van der Waals surface area contributed by atoms with Crippen molar-refractivity contribution < 1.29 is 14.9 Å². The molecule has 0 aliphatic carbocycles. The molecule has 1 aromatic rings. The van der Waals surface area contributed by atoms with E-state index in [0.29, 0.717) is 10.9 Å². The van der Waals surface area contributed by atoms with E-state index in [1.54, 1.807) is 7.11 Å². The second-order valence-electron chi connectivity index (χ2n) is 3.85. The number of aliphatic hydroxyl groups is 2. The van der Waals surface area contributed by atoms with Crippen LogP contribution < -0.4 is 4.74 Å². The molecule has 0 saturated carbocycles. The number of aliphatic hydroxyl groups excluding tert-OH is 2. The van der Waals surface area contributed by atoms with Crippen LogP contribution in [0.2, 0.25) is 0 Å². The topological polar surface area (TPSA) is 49.7 Å². The van der Waals surface area contributed by atoms with Gasteiger partial charge < -0.3 is 14.9 Å². The molecule has 0 amide bonds. The fourth-order valence-corrected chi connectivity index (χ4v) is 2.14. The van der Waals surface area contributed by atoms with Gasteiger partial charge in [0, 0.05) is 5.33 Å². The molecule has 16 heavy (non-hydrogen) atoms. The molecule has 0 saturated heterocycles. The molecule has 3 nitrogen and oxygen atoms in total. The summed E-state index contributed by atoms with van der Waals surface area (Å²) in [5.74, 6) is 0.823. The Morgan fingerprint density at radius 1 is 1.25 bits per heavy atom. The molecular weight excluding hydrogens is 272 g/mol. The third-order valence-corrected chi connectivity index (χ3v) is 3.21. The Balaban J connectivity index is 3.08. The van der Waals surface area contributed by atoms with Crippen molar-refractivity contribution in [2.24, 2.45) is 0 Å². The van der Waals surface area contributed by atoms with Crippen LogP contribution in [0, 0.1) is 13.8 Å². The third kappa shape index (κ3) is 2.75. The molecule has 1 aromatic carbocycles. The minimum absolute atomic E-state index is 0.346. The van der Waals surface area contributed by atoms with Crippen LogP contribution in [0.5, 0.6) is 5.75 Å². The quantitative estimate of drug-likeness (QED) is 0.835. The van der Waals surface area contributed by atoms with E-state index in [9.17, 15) is 10.2 Å². The van der Waals surface area contributed by atoms with Crippen LogP contribution in [0.15, 0.2) is 12.1 Å². The Labute approximate surface area is 104 Å². The zero-order chi connectivity index (χ0) is 12.3. The minimum Gasteiger partial charge on any atom is -0.496 e. The monoisotopic (exact) mass is 288 g/mol. The lowest BCUT2D eigenvalue weighted by Crippen LogP contribution is -2.19. The summed E-state index contributed by atoms with van der Waals surface area (Å²) in [5.41, 5.74) is 2.62. The van der Waals surface area contributed by atoms with Crippen LogP contribution in [0.1, 0.15) is 22.8 Å². The number of methoxy groups -OCH3 is 1. The normalized spacial score (nSPS) is 14.6. The van der Waals surface area contributed by atoms with Gasteiger partial charge in [0.1, 0.15) is 11.9 Å². The van der Waals surface area contributed by atoms with E-state index in [0.717, 1.165) is 16.9 Å². The van der Waals surface area contributed by atoms with Gasteiger partial charge in [-0.25, -0.2) is 0 Å². The summed E-state index contributed by atoms with van der Waals surface area (Å²) >= 11 is 3.14. The highest BCUT2D eigenvalue weighted by molar-refractivity contribution is 9.09. The lowest BCUT2D eigenvalue weighted by atomic mass is 9.99. The molecule has 0 radical (unpaired) electrons. The number of hydrogen-bond acceptors (Lipinski definition) is 3. The fraction of sp³-hybridized carbons (Fsp3) is 0.500. The van der Waals surface area contributed by atoms with E-state index in [4.69, 9.17) is 4.74 Å². The smallest absolute Gasteiger partial charge is 0.124 e. The van der Waals surface area contributed by atoms with Gasteiger partial charge in [0.25, 0.3) is 0 Å². The first-order chi connectivity index (χ1) is 7.51. The number of hydrogen-bond donors (Lipinski definition) is 2. The van der Waals surface area contributed by atoms with Crippen LogP contribution in [0.25, 0.3) is 0 Å². The lowest BCUT2D eigenvalue weighted by Gasteiger charge is -2.18. The molecular formula is C12H17BrO3. The fourth-order valence-electron chi connectivity index (χ4n) is 1.78. The molecule has 0 heterocycles. The average Bonchev–Trinajstić information content (AvgIpc) is 2.26. The Morgan fingerprint density at radius 3 is 2.12 bits per heavy atom. The molecule has 0 spiro atoms. The summed E-state index contributed by atoms with van der Waals surface area (Å²) in [7, 11) is 1.62. The zero-order valence-electron chi connectivity index (χ0n) is 9.70. The summed E-state index contributed by atoms with van der Waals surface area (Å²) in [6.45, 7) is 3.84. The third-order valence-electron chi connectivity index (χ3n) is 2.55. The van der Waals surface area contributed by atoms with E-state index in [1.165, 1.54) is 0 Å². The van der Waals surface area contributed by atoms with E-state index >= 15 is 0 Å². The molecule has 4 heteroatoms. The summed E-state index contributed by atoms with van der Waals surface area (Å²) < 4.78 is 5.24. The van der Waals surface area contributed by atoms with Gasteiger partial charge in [-0.1, -0.05) is 15.9 Å². The van der Waals surface area contributed by atoms with Gasteiger partial charge in [-0.05, 0) is 42.7 Å². The Kier molecular flexibility index (Phi) is 4.77. The predicted octanol–water partition coefficient (Wildman–Crippen LogP) is 2.10. The summed E-state index contributed by atoms with van der Waals surface area (Å²) in [4.78, 5) is 0. The van der Waals surface area contributed by atoms with E-state index in [1.807, 2.05) is 26.0 Å². The van der Waals surface area contributed by atoms with Gasteiger partial charge in [0.05, 0.1) is 13.2 Å². The maximum absolute atomic E-state index is 9.88.